The van der Waals surface area contributed by atoms with Crippen LogP contribution in [0, 0.1) is 5.92 Å². The zero-order valence-corrected chi connectivity index (χ0v) is 16.2. The second-order valence-electron chi connectivity index (χ2n) is 7.67. The third-order valence-corrected chi connectivity index (χ3v) is 5.63. The van der Waals surface area contributed by atoms with Gasteiger partial charge in [0.05, 0.1) is 0 Å². The fourth-order valence-corrected chi connectivity index (χ4v) is 4.09. The normalized spacial score (nSPS) is 19.8. The third-order valence-electron chi connectivity index (χ3n) is 5.63. The second kappa shape index (κ2) is 9.90. The number of carbonyl (C=O) groups excluding carboxylic acids is 1. The molecule has 1 N–H and O–H groups in total. The van der Waals surface area contributed by atoms with Gasteiger partial charge in [-0.1, -0.05) is 37.1 Å². The van der Waals surface area contributed by atoms with E-state index in [0.29, 0.717) is 12.5 Å². The van der Waals surface area contributed by atoms with Crippen molar-refractivity contribution in [1.29, 1.82) is 0 Å². The lowest BCUT2D eigenvalue weighted by Gasteiger charge is -2.36. The lowest BCUT2D eigenvalue weighted by molar-refractivity contribution is -0.137. The number of hydrogen-bond acceptors (Lipinski definition) is 4. The average molecular weight is 373 g/mol. The molecule has 0 radical (unpaired) electrons. The number of piperazine rings is 1. The van der Waals surface area contributed by atoms with Gasteiger partial charge < -0.3 is 14.7 Å². The number of nitrogens with zero attached hydrogens (tertiary/aromatic N) is 2. The standard InChI is InChI=1S/C22H32N2O3/c1-2-7-18-8-5-6-11-21(18)27-17-20(25)16-23-12-14-24(15-13-23)22(26)19-9-3-4-10-19/h2,5-6,8,11,19-20,25H,1,3-4,7,9-10,12-17H2. The minimum absolute atomic E-state index is 0.256. The molecule has 1 saturated heterocycles. The zero-order chi connectivity index (χ0) is 19.1. The number of aliphatic hydroxyl groups excluding tert-OH is 1. The van der Waals surface area contributed by atoms with Crippen molar-refractivity contribution in [1.82, 2.24) is 9.80 Å². The number of para-hydroxylation sites is 1. The van der Waals surface area contributed by atoms with E-state index in [1.165, 1.54) is 12.8 Å². The first-order chi connectivity index (χ1) is 13.2. The van der Waals surface area contributed by atoms with E-state index in [0.717, 1.165) is 56.8 Å². The number of rotatable bonds is 8. The van der Waals surface area contributed by atoms with E-state index in [-0.39, 0.29) is 12.5 Å². The van der Waals surface area contributed by atoms with Crippen molar-refractivity contribution < 1.29 is 14.6 Å². The molecule has 148 valence electrons. The van der Waals surface area contributed by atoms with Crippen LogP contribution in [0.1, 0.15) is 31.2 Å². The van der Waals surface area contributed by atoms with E-state index in [4.69, 9.17) is 4.74 Å². The molecule has 1 unspecified atom stereocenters. The summed E-state index contributed by atoms with van der Waals surface area (Å²) < 4.78 is 5.83. The van der Waals surface area contributed by atoms with Crippen LogP contribution in [-0.4, -0.2) is 66.2 Å². The summed E-state index contributed by atoms with van der Waals surface area (Å²) >= 11 is 0. The first kappa shape index (κ1) is 19.9. The van der Waals surface area contributed by atoms with Gasteiger partial charge in [0.2, 0.25) is 5.91 Å². The summed E-state index contributed by atoms with van der Waals surface area (Å²) in [6, 6.07) is 7.87. The Bertz CT molecular complexity index is 620. The van der Waals surface area contributed by atoms with Crippen LogP contribution >= 0.6 is 0 Å². The first-order valence-corrected chi connectivity index (χ1v) is 10.2. The Morgan fingerprint density at radius 3 is 2.63 bits per heavy atom. The molecule has 5 heteroatoms. The molecule has 27 heavy (non-hydrogen) atoms. The zero-order valence-electron chi connectivity index (χ0n) is 16.2. The lowest BCUT2D eigenvalue weighted by atomic mass is 10.1. The van der Waals surface area contributed by atoms with Crippen LogP contribution in [0.5, 0.6) is 5.75 Å². The van der Waals surface area contributed by atoms with E-state index < -0.39 is 6.10 Å². The maximum atomic E-state index is 12.5. The molecule has 1 aromatic rings. The Morgan fingerprint density at radius 1 is 1.22 bits per heavy atom. The largest absolute Gasteiger partial charge is 0.491 e. The average Bonchev–Trinajstić information content (AvgIpc) is 3.22. The SMILES string of the molecule is C=CCc1ccccc1OCC(O)CN1CCN(C(=O)C2CCCC2)CC1. The fraction of sp³-hybridized carbons (Fsp3) is 0.591. The maximum absolute atomic E-state index is 12.5. The highest BCUT2D eigenvalue weighted by molar-refractivity contribution is 5.79. The van der Waals surface area contributed by atoms with Gasteiger partial charge in [-0.3, -0.25) is 9.69 Å². The highest BCUT2D eigenvalue weighted by Gasteiger charge is 2.29. The minimum Gasteiger partial charge on any atom is -0.491 e. The van der Waals surface area contributed by atoms with Crippen LogP contribution in [0.2, 0.25) is 0 Å². The monoisotopic (exact) mass is 372 g/mol. The van der Waals surface area contributed by atoms with Crippen molar-refractivity contribution in [3.8, 4) is 5.75 Å². The highest BCUT2D eigenvalue weighted by Crippen LogP contribution is 2.27. The Morgan fingerprint density at radius 2 is 1.93 bits per heavy atom. The lowest BCUT2D eigenvalue weighted by Crippen LogP contribution is -2.52. The summed E-state index contributed by atoms with van der Waals surface area (Å²) in [5, 5.41) is 10.4. The molecular weight excluding hydrogens is 340 g/mol. The topological polar surface area (TPSA) is 53.0 Å². The number of aliphatic hydroxyl groups is 1. The van der Waals surface area contributed by atoms with Crippen LogP contribution < -0.4 is 4.74 Å². The molecule has 1 heterocycles. The van der Waals surface area contributed by atoms with Gasteiger partial charge in [0, 0.05) is 38.6 Å². The number of carbonyl (C=O) groups is 1. The van der Waals surface area contributed by atoms with Gasteiger partial charge in [0.1, 0.15) is 18.5 Å². The molecule has 0 spiro atoms. The molecule has 1 atom stereocenters. The number of amides is 1. The molecule has 0 aromatic heterocycles. The number of hydrogen-bond donors (Lipinski definition) is 1. The van der Waals surface area contributed by atoms with Crippen molar-refractivity contribution in [2.45, 2.75) is 38.2 Å². The summed E-state index contributed by atoms with van der Waals surface area (Å²) in [4.78, 5) is 16.7. The summed E-state index contributed by atoms with van der Waals surface area (Å²) in [5.41, 5.74) is 1.08. The number of ether oxygens (including phenoxy) is 1. The molecular formula is C22H32N2O3. The van der Waals surface area contributed by atoms with Crippen molar-refractivity contribution in [3.05, 3.63) is 42.5 Å². The Labute approximate surface area is 162 Å². The quantitative estimate of drug-likeness (QED) is 0.713. The molecule has 3 rings (SSSR count). The Balaban J connectivity index is 1.40. The van der Waals surface area contributed by atoms with Gasteiger partial charge >= 0.3 is 0 Å². The maximum Gasteiger partial charge on any atom is 0.225 e. The van der Waals surface area contributed by atoms with Crippen LogP contribution in [-0.2, 0) is 11.2 Å². The van der Waals surface area contributed by atoms with E-state index >= 15 is 0 Å². The molecule has 1 aliphatic heterocycles. The summed E-state index contributed by atoms with van der Waals surface area (Å²) in [5.74, 6) is 1.41. The van der Waals surface area contributed by atoms with Gasteiger partial charge in [0.25, 0.3) is 0 Å². The predicted octanol–water partition coefficient (Wildman–Crippen LogP) is 2.49. The van der Waals surface area contributed by atoms with Gasteiger partial charge in [-0.25, -0.2) is 0 Å². The summed E-state index contributed by atoms with van der Waals surface area (Å²) in [6.45, 7) is 7.81. The van der Waals surface area contributed by atoms with Gasteiger partial charge in [-0.2, -0.15) is 0 Å². The Hall–Kier alpha value is -1.85. The van der Waals surface area contributed by atoms with Crippen LogP contribution in [0.15, 0.2) is 36.9 Å². The molecule has 1 saturated carbocycles. The molecule has 5 nitrogen and oxygen atoms in total. The van der Waals surface area contributed by atoms with Gasteiger partial charge in [0.15, 0.2) is 0 Å². The number of benzene rings is 1. The van der Waals surface area contributed by atoms with Gasteiger partial charge in [-0.15, -0.1) is 6.58 Å². The third kappa shape index (κ3) is 5.56. The molecule has 2 aliphatic rings. The van der Waals surface area contributed by atoms with Crippen molar-refractivity contribution >= 4 is 5.91 Å². The van der Waals surface area contributed by atoms with E-state index in [2.05, 4.69) is 11.5 Å². The van der Waals surface area contributed by atoms with Crippen LogP contribution in [0.4, 0.5) is 0 Å². The number of allylic oxidation sites excluding steroid dienone is 1. The first-order valence-electron chi connectivity index (χ1n) is 10.2. The molecule has 1 aromatic carbocycles. The number of β-amino-alcohol motifs (C(OH)–C–C–N with tert-alkyl or cyclic N) is 1. The molecule has 1 amide bonds. The summed E-state index contributed by atoms with van der Waals surface area (Å²) in [6.07, 6.45) is 6.56. The second-order valence-corrected chi connectivity index (χ2v) is 7.67. The smallest absolute Gasteiger partial charge is 0.225 e. The van der Waals surface area contributed by atoms with Crippen molar-refractivity contribution in [2.75, 3.05) is 39.3 Å². The predicted molar refractivity (Wildman–Crippen MR) is 107 cm³/mol. The molecule has 0 bridgehead atoms. The molecule has 1 aliphatic carbocycles. The van der Waals surface area contributed by atoms with Crippen LogP contribution in [0.25, 0.3) is 0 Å². The van der Waals surface area contributed by atoms with Gasteiger partial charge in [-0.05, 0) is 30.9 Å². The van der Waals surface area contributed by atoms with E-state index in [1.54, 1.807) is 0 Å². The Kier molecular flexibility index (Phi) is 7.30. The molecule has 2 fully saturated rings. The van der Waals surface area contributed by atoms with Crippen molar-refractivity contribution in [2.24, 2.45) is 5.92 Å². The highest BCUT2D eigenvalue weighted by atomic mass is 16.5. The van der Waals surface area contributed by atoms with E-state index in [1.807, 2.05) is 35.2 Å². The van der Waals surface area contributed by atoms with E-state index in [9.17, 15) is 9.90 Å². The van der Waals surface area contributed by atoms with Crippen molar-refractivity contribution in [3.63, 3.8) is 0 Å². The van der Waals surface area contributed by atoms with Crippen LogP contribution in [0.3, 0.4) is 0 Å². The fourth-order valence-electron chi connectivity index (χ4n) is 4.09. The minimum atomic E-state index is -0.543. The summed E-state index contributed by atoms with van der Waals surface area (Å²) in [7, 11) is 0.